The molecule has 0 saturated carbocycles. The van der Waals surface area contributed by atoms with E-state index in [1.165, 1.54) is 25.7 Å². The van der Waals surface area contributed by atoms with Crippen molar-refractivity contribution in [3.63, 3.8) is 0 Å². The molecule has 0 aliphatic heterocycles. The summed E-state index contributed by atoms with van der Waals surface area (Å²) in [4.78, 5) is 34.8. The van der Waals surface area contributed by atoms with Crippen molar-refractivity contribution in [1.82, 2.24) is 0 Å². The number of aliphatic hydroxyl groups excluding tert-OH is 2. The molecule has 0 bridgehead atoms. The standard InChI is InChI=1S/C40H69O10P/c1-3-5-7-9-11-13-15-17-18-20-22-24-26-28-30-32-40(44)50-38(36-49-51(45,46)48-34-37(42)33-41)35-47-39(43)31-29-27-25-23-21-19-16-14-12-10-8-6-4-2/h5,7,11,13-14,16-18,22,24,37-38,41-42H,3-4,6,8-10,12,15,19-21,23,25-36H2,1-2H3,(H,45,46)/b7-5-,13-11-,16-14-,18-17-,24-22-. The molecule has 0 aromatic carbocycles. The van der Waals surface area contributed by atoms with Gasteiger partial charge in [0.2, 0.25) is 0 Å². The van der Waals surface area contributed by atoms with Crippen LogP contribution in [0.15, 0.2) is 60.8 Å². The van der Waals surface area contributed by atoms with Gasteiger partial charge in [-0.2, -0.15) is 0 Å². The summed E-state index contributed by atoms with van der Waals surface area (Å²) in [6, 6.07) is 0. The van der Waals surface area contributed by atoms with Gasteiger partial charge in [0, 0.05) is 12.8 Å². The predicted octanol–water partition coefficient (Wildman–Crippen LogP) is 9.55. The third-order valence-electron chi connectivity index (χ3n) is 7.66. The van der Waals surface area contributed by atoms with E-state index in [0.717, 1.165) is 77.0 Å². The van der Waals surface area contributed by atoms with Crippen LogP contribution in [0.4, 0.5) is 0 Å². The van der Waals surface area contributed by atoms with Gasteiger partial charge in [-0.25, -0.2) is 4.57 Å². The molecule has 51 heavy (non-hydrogen) atoms. The molecule has 11 heteroatoms. The van der Waals surface area contributed by atoms with Crippen molar-refractivity contribution in [3.05, 3.63) is 60.8 Å². The first-order chi connectivity index (χ1) is 24.7. The maximum Gasteiger partial charge on any atom is 0.472 e. The molecule has 0 saturated heterocycles. The SMILES string of the molecule is CC/C=C\C/C=C\C/C=C\C/C=C\CCCCC(=O)OC(COC(=O)CCCCCCC/C=C\CCCCCC)COP(=O)(O)OCC(O)CO. The second kappa shape index (κ2) is 36.0. The Morgan fingerprint density at radius 3 is 1.69 bits per heavy atom. The van der Waals surface area contributed by atoms with Gasteiger partial charge in [0.25, 0.3) is 0 Å². The Morgan fingerprint density at radius 2 is 1.08 bits per heavy atom. The molecule has 0 aromatic rings. The Kier molecular flexibility index (Phi) is 34.4. The van der Waals surface area contributed by atoms with E-state index in [4.69, 9.17) is 19.1 Å². The third kappa shape index (κ3) is 35.8. The normalized spacial score (nSPS) is 14.7. The van der Waals surface area contributed by atoms with Crippen LogP contribution >= 0.6 is 7.82 Å². The molecule has 0 fully saturated rings. The smallest absolute Gasteiger partial charge is 0.462 e. The van der Waals surface area contributed by atoms with Crippen LogP contribution in [0.1, 0.15) is 142 Å². The molecule has 0 aromatic heterocycles. The lowest BCUT2D eigenvalue weighted by Gasteiger charge is -2.20. The van der Waals surface area contributed by atoms with E-state index >= 15 is 0 Å². The second-order valence-electron chi connectivity index (χ2n) is 12.6. The molecular weight excluding hydrogens is 671 g/mol. The van der Waals surface area contributed by atoms with Gasteiger partial charge in [-0.15, -0.1) is 0 Å². The number of aliphatic hydroxyl groups is 2. The maximum atomic E-state index is 12.5. The van der Waals surface area contributed by atoms with Crippen LogP contribution in [-0.4, -0.2) is 65.7 Å². The molecule has 3 unspecified atom stereocenters. The summed E-state index contributed by atoms with van der Waals surface area (Å²) in [6.45, 7) is 2.16. The van der Waals surface area contributed by atoms with E-state index in [2.05, 4.69) is 79.1 Å². The van der Waals surface area contributed by atoms with Crippen molar-refractivity contribution in [3.8, 4) is 0 Å². The second-order valence-corrected chi connectivity index (χ2v) is 14.0. The Hall–Kier alpha value is -2.33. The Bertz CT molecular complexity index is 1040. The number of esters is 2. The summed E-state index contributed by atoms with van der Waals surface area (Å²) in [5, 5.41) is 18.3. The molecule has 0 radical (unpaired) electrons. The Labute approximate surface area is 308 Å². The van der Waals surface area contributed by atoms with Crippen LogP contribution in [0.25, 0.3) is 0 Å². The zero-order valence-corrected chi connectivity index (χ0v) is 32.4. The highest BCUT2D eigenvalue weighted by molar-refractivity contribution is 7.47. The van der Waals surface area contributed by atoms with Gasteiger partial charge in [-0.05, 0) is 77.0 Å². The summed E-state index contributed by atoms with van der Waals surface area (Å²) in [5.74, 6) is -0.991. The highest BCUT2D eigenvalue weighted by atomic mass is 31.2. The first-order valence-electron chi connectivity index (χ1n) is 19.2. The topological polar surface area (TPSA) is 149 Å². The minimum atomic E-state index is -4.63. The molecule has 3 N–H and O–H groups in total. The van der Waals surface area contributed by atoms with Crippen LogP contribution in [0, 0.1) is 0 Å². The lowest BCUT2D eigenvalue weighted by Crippen LogP contribution is -2.29. The number of rotatable bonds is 35. The molecule has 3 atom stereocenters. The molecule has 0 aliphatic carbocycles. The molecular formula is C40H69O10P. The fraction of sp³-hybridized carbons (Fsp3) is 0.700. The quantitative estimate of drug-likeness (QED) is 0.0248. The number of carbonyl (C=O) groups excluding carboxylic acids is 2. The van der Waals surface area contributed by atoms with Crippen molar-refractivity contribution in [2.75, 3.05) is 26.4 Å². The van der Waals surface area contributed by atoms with Crippen molar-refractivity contribution < 1.29 is 47.8 Å². The van der Waals surface area contributed by atoms with Crippen molar-refractivity contribution in [2.45, 2.75) is 154 Å². The van der Waals surface area contributed by atoms with Gasteiger partial charge in [0.05, 0.1) is 19.8 Å². The van der Waals surface area contributed by atoms with Gasteiger partial charge < -0.3 is 24.6 Å². The number of ether oxygens (including phenoxy) is 2. The van der Waals surface area contributed by atoms with E-state index in [-0.39, 0.29) is 19.4 Å². The van der Waals surface area contributed by atoms with Crippen LogP contribution in [0.5, 0.6) is 0 Å². The molecule has 0 spiro atoms. The third-order valence-corrected chi connectivity index (χ3v) is 8.61. The van der Waals surface area contributed by atoms with Crippen molar-refractivity contribution in [2.24, 2.45) is 0 Å². The molecule has 294 valence electrons. The summed E-state index contributed by atoms with van der Waals surface area (Å²) in [7, 11) is -4.63. The van der Waals surface area contributed by atoms with Crippen LogP contribution in [0.3, 0.4) is 0 Å². The lowest BCUT2D eigenvalue weighted by molar-refractivity contribution is -0.161. The van der Waals surface area contributed by atoms with E-state index < -0.39 is 51.8 Å². The molecule has 0 rings (SSSR count). The van der Waals surface area contributed by atoms with Crippen LogP contribution in [-0.2, 0) is 32.7 Å². The van der Waals surface area contributed by atoms with E-state index in [0.29, 0.717) is 12.8 Å². The summed E-state index contributed by atoms with van der Waals surface area (Å²) >= 11 is 0. The lowest BCUT2D eigenvalue weighted by atomic mass is 10.1. The number of phosphoric acid groups is 1. The summed E-state index contributed by atoms with van der Waals surface area (Å²) in [6.07, 6.45) is 37.7. The van der Waals surface area contributed by atoms with Gasteiger partial charge >= 0.3 is 19.8 Å². The molecule has 0 aliphatic rings. The average molecular weight is 741 g/mol. The van der Waals surface area contributed by atoms with Gasteiger partial charge in [-0.1, -0.05) is 113 Å². The fourth-order valence-electron chi connectivity index (χ4n) is 4.68. The maximum absolute atomic E-state index is 12.5. The number of carbonyl (C=O) groups is 2. The van der Waals surface area contributed by atoms with Crippen LogP contribution in [0.2, 0.25) is 0 Å². The number of phosphoric ester groups is 1. The average Bonchev–Trinajstić information content (AvgIpc) is 3.12. The Balaban J connectivity index is 4.47. The number of hydrogen-bond donors (Lipinski definition) is 3. The zero-order valence-electron chi connectivity index (χ0n) is 31.5. The molecule has 0 heterocycles. The largest absolute Gasteiger partial charge is 0.472 e. The number of allylic oxidation sites excluding steroid dienone is 10. The Morgan fingerprint density at radius 1 is 0.608 bits per heavy atom. The monoisotopic (exact) mass is 740 g/mol. The van der Waals surface area contributed by atoms with Gasteiger partial charge in [0.15, 0.2) is 6.10 Å². The van der Waals surface area contributed by atoms with E-state index in [1.54, 1.807) is 0 Å². The van der Waals surface area contributed by atoms with Crippen LogP contribution < -0.4 is 0 Å². The van der Waals surface area contributed by atoms with Crippen molar-refractivity contribution >= 4 is 19.8 Å². The minimum Gasteiger partial charge on any atom is -0.462 e. The summed E-state index contributed by atoms with van der Waals surface area (Å²) in [5.41, 5.74) is 0. The van der Waals surface area contributed by atoms with Gasteiger partial charge in [-0.3, -0.25) is 18.6 Å². The molecule has 0 amide bonds. The highest BCUT2D eigenvalue weighted by Crippen LogP contribution is 2.43. The van der Waals surface area contributed by atoms with E-state index in [9.17, 15) is 24.2 Å². The number of unbranched alkanes of at least 4 members (excludes halogenated alkanes) is 11. The zero-order chi connectivity index (χ0) is 37.7. The first-order valence-corrected chi connectivity index (χ1v) is 20.7. The van der Waals surface area contributed by atoms with Gasteiger partial charge in [0.1, 0.15) is 12.7 Å². The highest BCUT2D eigenvalue weighted by Gasteiger charge is 2.27. The first kappa shape index (κ1) is 48.7. The molecule has 10 nitrogen and oxygen atoms in total. The fourth-order valence-corrected chi connectivity index (χ4v) is 5.47. The van der Waals surface area contributed by atoms with Crippen molar-refractivity contribution in [1.29, 1.82) is 0 Å². The van der Waals surface area contributed by atoms with E-state index in [1.807, 2.05) is 0 Å². The predicted molar refractivity (Wildman–Crippen MR) is 205 cm³/mol. The minimum absolute atomic E-state index is 0.128. The summed E-state index contributed by atoms with van der Waals surface area (Å²) < 4.78 is 32.5. The number of hydrogen-bond acceptors (Lipinski definition) is 9.